The highest BCUT2D eigenvalue weighted by atomic mass is 35.5. The summed E-state index contributed by atoms with van der Waals surface area (Å²) in [6.07, 6.45) is 4.96. The molecule has 1 N–H and O–H groups in total. The van der Waals surface area contributed by atoms with E-state index in [0.29, 0.717) is 16.5 Å². The normalized spacial score (nSPS) is 11.6. The Hall–Kier alpha value is -3.29. The Kier molecular flexibility index (Phi) is 5.50. The molecule has 0 atom stereocenters. The van der Waals surface area contributed by atoms with E-state index in [2.05, 4.69) is 56.7 Å². The van der Waals surface area contributed by atoms with Gasteiger partial charge in [-0.15, -0.1) is 0 Å². The van der Waals surface area contributed by atoms with Crippen molar-refractivity contribution in [3.05, 3.63) is 77.2 Å². The van der Waals surface area contributed by atoms with E-state index in [9.17, 15) is 0 Å². The van der Waals surface area contributed by atoms with Crippen LogP contribution >= 0.6 is 11.6 Å². The molecule has 0 spiro atoms. The van der Waals surface area contributed by atoms with Crippen LogP contribution < -0.4 is 5.43 Å². The Morgan fingerprint density at radius 3 is 2.72 bits per heavy atom. The number of nitrogens with one attached hydrogen (secondary N) is 1. The second-order valence-electron chi connectivity index (χ2n) is 6.85. The largest absolute Gasteiger partial charge is 0.305 e. The summed E-state index contributed by atoms with van der Waals surface area (Å²) in [5.74, 6) is 0.587. The third-order valence-electron chi connectivity index (χ3n) is 4.28. The number of halogens is 1. The number of aromatic nitrogens is 4. The van der Waals surface area contributed by atoms with Gasteiger partial charge in [-0.1, -0.05) is 41.9 Å². The van der Waals surface area contributed by atoms with E-state index >= 15 is 0 Å². The van der Waals surface area contributed by atoms with E-state index in [4.69, 9.17) is 11.6 Å². The van der Waals surface area contributed by atoms with Gasteiger partial charge in [0.25, 0.3) is 0 Å². The van der Waals surface area contributed by atoms with Crippen molar-refractivity contribution in [2.24, 2.45) is 5.10 Å². The SMILES string of the molecule is CN(C)Cc1ccc(/C=N/Nc2ncnc3c2cnn3-c2cccc(Cl)c2)cc1. The van der Waals surface area contributed by atoms with Crippen molar-refractivity contribution in [1.29, 1.82) is 0 Å². The molecule has 4 rings (SSSR count). The molecule has 0 fully saturated rings. The zero-order valence-electron chi connectivity index (χ0n) is 16.1. The van der Waals surface area contributed by atoms with Gasteiger partial charge in [0.1, 0.15) is 6.33 Å². The lowest BCUT2D eigenvalue weighted by Gasteiger charge is -2.09. The van der Waals surface area contributed by atoms with Crippen LogP contribution in [-0.4, -0.2) is 45.0 Å². The minimum Gasteiger partial charge on any atom is -0.305 e. The Morgan fingerprint density at radius 1 is 1.14 bits per heavy atom. The maximum absolute atomic E-state index is 6.10. The zero-order chi connectivity index (χ0) is 20.2. The van der Waals surface area contributed by atoms with E-state index in [1.165, 1.54) is 11.9 Å². The zero-order valence-corrected chi connectivity index (χ0v) is 16.9. The fraction of sp³-hybridized carbons (Fsp3) is 0.143. The number of hydrogen-bond acceptors (Lipinski definition) is 6. The smallest absolute Gasteiger partial charge is 0.168 e. The molecule has 2 heterocycles. The molecule has 7 nitrogen and oxygen atoms in total. The number of hydrazone groups is 1. The van der Waals surface area contributed by atoms with Crippen LogP contribution in [0.4, 0.5) is 5.82 Å². The van der Waals surface area contributed by atoms with Crippen molar-refractivity contribution in [2.45, 2.75) is 6.54 Å². The van der Waals surface area contributed by atoms with Gasteiger partial charge in [-0.25, -0.2) is 14.6 Å². The van der Waals surface area contributed by atoms with Gasteiger partial charge in [-0.2, -0.15) is 10.2 Å². The first-order chi connectivity index (χ1) is 14.1. The van der Waals surface area contributed by atoms with E-state index in [-0.39, 0.29) is 0 Å². The molecule has 0 aliphatic rings. The Bertz CT molecular complexity index is 1150. The number of hydrogen-bond donors (Lipinski definition) is 1. The third kappa shape index (κ3) is 4.42. The van der Waals surface area contributed by atoms with E-state index in [1.54, 1.807) is 17.1 Å². The molecule has 8 heteroatoms. The first-order valence-corrected chi connectivity index (χ1v) is 9.45. The number of nitrogens with zero attached hydrogens (tertiary/aromatic N) is 6. The van der Waals surface area contributed by atoms with Gasteiger partial charge in [0, 0.05) is 11.6 Å². The minimum atomic E-state index is 0.587. The summed E-state index contributed by atoms with van der Waals surface area (Å²) in [7, 11) is 4.10. The van der Waals surface area contributed by atoms with Crippen LogP contribution in [0.1, 0.15) is 11.1 Å². The van der Waals surface area contributed by atoms with Crippen molar-refractivity contribution in [1.82, 2.24) is 24.6 Å². The van der Waals surface area contributed by atoms with Gasteiger partial charge < -0.3 is 4.90 Å². The summed E-state index contributed by atoms with van der Waals surface area (Å²) < 4.78 is 1.72. The third-order valence-corrected chi connectivity index (χ3v) is 4.52. The summed E-state index contributed by atoms with van der Waals surface area (Å²) in [4.78, 5) is 10.8. The molecular weight excluding hydrogens is 386 g/mol. The second-order valence-corrected chi connectivity index (χ2v) is 7.28. The lowest BCUT2D eigenvalue weighted by molar-refractivity contribution is 0.402. The average Bonchev–Trinajstić information content (AvgIpc) is 3.14. The molecule has 146 valence electrons. The quantitative estimate of drug-likeness (QED) is 0.388. The molecule has 0 radical (unpaired) electrons. The maximum atomic E-state index is 6.10. The monoisotopic (exact) mass is 405 g/mol. The van der Waals surface area contributed by atoms with Crippen LogP contribution in [-0.2, 0) is 6.54 Å². The van der Waals surface area contributed by atoms with Crippen LogP contribution in [0.3, 0.4) is 0 Å². The van der Waals surface area contributed by atoms with Crippen LogP contribution in [0.5, 0.6) is 0 Å². The first kappa shape index (κ1) is 19.0. The predicted molar refractivity (Wildman–Crippen MR) is 117 cm³/mol. The maximum Gasteiger partial charge on any atom is 0.168 e. The molecule has 0 saturated carbocycles. The molecule has 0 aliphatic heterocycles. The van der Waals surface area contributed by atoms with Crippen LogP contribution in [0.25, 0.3) is 16.7 Å². The fourth-order valence-corrected chi connectivity index (χ4v) is 3.16. The summed E-state index contributed by atoms with van der Waals surface area (Å²) in [5, 5.41) is 10.1. The van der Waals surface area contributed by atoms with Crippen molar-refractivity contribution < 1.29 is 0 Å². The highest BCUT2D eigenvalue weighted by Gasteiger charge is 2.11. The van der Waals surface area contributed by atoms with Gasteiger partial charge >= 0.3 is 0 Å². The highest BCUT2D eigenvalue weighted by Crippen LogP contribution is 2.23. The molecule has 0 unspecified atom stereocenters. The Morgan fingerprint density at radius 2 is 1.97 bits per heavy atom. The lowest BCUT2D eigenvalue weighted by Crippen LogP contribution is -2.10. The van der Waals surface area contributed by atoms with Gasteiger partial charge in [0.05, 0.1) is 23.5 Å². The second kappa shape index (κ2) is 8.38. The standard InChI is InChI=1S/C21H20ClN7/c1-28(2)13-16-8-6-15(7-9-16)11-25-27-20-19-12-26-29(21(19)24-14-23-20)18-5-3-4-17(22)10-18/h3-12,14H,13H2,1-2H3,(H,23,24,27)/b25-11+. The van der Waals surface area contributed by atoms with Crippen molar-refractivity contribution >= 4 is 34.7 Å². The van der Waals surface area contributed by atoms with Crippen LogP contribution in [0.15, 0.2) is 66.2 Å². The van der Waals surface area contributed by atoms with Crippen LogP contribution in [0, 0.1) is 0 Å². The lowest BCUT2D eigenvalue weighted by atomic mass is 10.1. The molecule has 0 bridgehead atoms. The molecule has 4 aromatic rings. The van der Waals surface area contributed by atoms with Crippen molar-refractivity contribution in [3.63, 3.8) is 0 Å². The fourth-order valence-electron chi connectivity index (χ4n) is 2.97. The molecule has 2 aromatic carbocycles. The van der Waals surface area contributed by atoms with Crippen molar-refractivity contribution in [2.75, 3.05) is 19.5 Å². The van der Waals surface area contributed by atoms with Gasteiger partial charge in [-0.3, -0.25) is 5.43 Å². The number of fused-ring (bicyclic) bond motifs is 1. The summed E-state index contributed by atoms with van der Waals surface area (Å²) in [5.41, 5.74) is 6.75. The molecule has 29 heavy (non-hydrogen) atoms. The Balaban J connectivity index is 1.53. The van der Waals surface area contributed by atoms with Crippen molar-refractivity contribution in [3.8, 4) is 5.69 Å². The Labute approximate surface area is 173 Å². The van der Waals surface area contributed by atoms with Crippen LogP contribution in [0.2, 0.25) is 5.02 Å². The molecule has 2 aromatic heterocycles. The molecule has 0 amide bonds. The molecule has 0 aliphatic carbocycles. The highest BCUT2D eigenvalue weighted by molar-refractivity contribution is 6.30. The van der Waals surface area contributed by atoms with E-state index in [1.807, 2.05) is 36.4 Å². The number of benzene rings is 2. The molecule has 0 saturated heterocycles. The van der Waals surface area contributed by atoms with Gasteiger partial charge in [0.2, 0.25) is 0 Å². The first-order valence-electron chi connectivity index (χ1n) is 9.07. The minimum absolute atomic E-state index is 0.587. The summed E-state index contributed by atoms with van der Waals surface area (Å²) in [6, 6.07) is 15.7. The summed E-state index contributed by atoms with van der Waals surface area (Å²) in [6.45, 7) is 0.908. The molecular formula is C21H20ClN7. The van der Waals surface area contributed by atoms with E-state index in [0.717, 1.165) is 23.2 Å². The predicted octanol–water partition coefficient (Wildman–Crippen LogP) is 3.98. The van der Waals surface area contributed by atoms with Gasteiger partial charge in [0.15, 0.2) is 11.5 Å². The number of rotatable bonds is 6. The topological polar surface area (TPSA) is 71.2 Å². The average molecular weight is 406 g/mol. The number of anilines is 1. The summed E-state index contributed by atoms with van der Waals surface area (Å²) >= 11 is 6.10. The van der Waals surface area contributed by atoms with Gasteiger partial charge in [-0.05, 0) is 43.4 Å². The van der Waals surface area contributed by atoms with E-state index < -0.39 is 0 Å².